The first-order valence-electron chi connectivity index (χ1n) is 11.6. The van der Waals surface area contributed by atoms with Crippen molar-refractivity contribution < 1.29 is 40.6 Å². The van der Waals surface area contributed by atoms with Gasteiger partial charge < -0.3 is 9.47 Å². The Bertz CT molecular complexity index is 838. The summed E-state index contributed by atoms with van der Waals surface area (Å²) in [5.41, 5.74) is -3.92. The van der Waals surface area contributed by atoms with Gasteiger partial charge in [0.15, 0.2) is 0 Å². The minimum atomic E-state index is -5.38. The van der Waals surface area contributed by atoms with Crippen molar-refractivity contribution in [3.8, 4) is 11.5 Å². The van der Waals surface area contributed by atoms with Crippen LogP contribution in [0.2, 0.25) is 0 Å². The number of alkyl halides is 6. The Balaban J connectivity index is 1.90. The van der Waals surface area contributed by atoms with Crippen molar-refractivity contribution in [1.82, 2.24) is 0 Å². The van der Waals surface area contributed by atoms with Crippen molar-refractivity contribution in [3.05, 3.63) is 22.8 Å². The van der Waals surface area contributed by atoms with Crippen molar-refractivity contribution in [2.75, 3.05) is 0 Å². The summed E-state index contributed by atoms with van der Waals surface area (Å²) >= 11 is 0. The molecule has 9 heteroatoms. The van der Waals surface area contributed by atoms with Crippen LogP contribution < -0.4 is 9.47 Å². The van der Waals surface area contributed by atoms with Gasteiger partial charge in [-0.15, -0.1) is 0 Å². The lowest BCUT2D eigenvalue weighted by Gasteiger charge is -2.31. The van der Waals surface area contributed by atoms with Crippen LogP contribution in [0.25, 0.3) is 0 Å². The predicted octanol–water partition coefficient (Wildman–Crippen LogP) is 7.73. The van der Waals surface area contributed by atoms with Gasteiger partial charge in [0.25, 0.3) is 0 Å². The molecule has 0 amide bonds. The molecule has 1 heterocycles. The van der Waals surface area contributed by atoms with Gasteiger partial charge in [-0.25, -0.2) is 0 Å². The average molecular weight is 480 g/mol. The zero-order valence-electron chi connectivity index (χ0n) is 18.9. The highest BCUT2D eigenvalue weighted by atomic mass is 19.4. The van der Waals surface area contributed by atoms with Crippen LogP contribution in [0.1, 0.15) is 88.3 Å². The fraction of sp³-hybridized carbons (Fsp3) is 0.708. The standard InChI is InChI=1S/C24H30F6O3/c1-3-4-17-11-10-16-13-18(33-19(31)12-9-15-7-5-14(2)6-8-15)20(23(25,26)27)21(22(16)32-17)24(28,29)30/h13-15,17H,3-12H2,1-2H3. The molecule has 1 aliphatic heterocycles. The van der Waals surface area contributed by atoms with Gasteiger partial charge in [-0.3, -0.25) is 4.79 Å². The first kappa shape index (κ1) is 25.7. The van der Waals surface area contributed by atoms with Crippen molar-refractivity contribution in [2.24, 2.45) is 11.8 Å². The molecule has 0 saturated heterocycles. The zero-order chi connectivity index (χ0) is 24.4. The van der Waals surface area contributed by atoms with E-state index < -0.39 is 47.1 Å². The molecule has 3 nitrogen and oxygen atoms in total. The van der Waals surface area contributed by atoms with Gasteiger partial charge in [-0.05, 0) is 49.1 Å². The molecule has 1 unspecified atom stereocenters. The number of esters is 1. The summed E-state index contributed by atoms with van der Waals surface area (Å²) in [5.74, 6) is -1.95. The van der Waals surface area contributed by atoms with Gasteiger partial charge in [-0.1, -0.05) is 46.0 Å². The minimum absolute atomic E-state index is 0.0215. The third-order valence-electron chi connectivity index (χ3n) is 6.63. The molecule has 0 radical (unpaired) electrons. The van der Waals surface area contributed by atoms with E-state index in [0.29, 0.717) is 31.6 Å². The van der Waals surface area contributed by atoms with Gasteiger partial charge >= 0.3 is 18.3 Å². The van der Waals surface area contributed by atoms with E-state index in [9.17, 15) is 31.1 Å². The lowest BCUT2D eigenvalue weighted by atomic mass is 9.81. The van der Waals surface area contributed by atoms with Crippen LogP contribution in [0, 0.1) is 11.8 Å². The smallest absolute Gasteiger partial charge is 0.420 e. The average Bonchev–Trinajstić information content (AvgIpc) is 2.71. The number of rotatable bonds is 6. The number of hydrogen-bond acceptors (Lipinski definition) is 3. The quantitative estimate of drug-likeness (QED) is 0.237. The highest BCUT2D eigenvalue weighted by Gasteiger charge is 2.50. The molecule has 1 atom stereocenters. The normalized spacial score (nSPS) is 23.6. The SMILES string of the molecule is CCCC1CCc2cc(OC(=O)CCC3CCC(C)CC3)c(C(F)(F)F)c(C(F)(F)F)c2O1. The molecule has 0 N–H and O–H groups in total. The second-order valence-electron chi connectivity index (χ2n) is 9.31. The van der Waals surface area contributed by atoms with Crippen LogP contribution in [0.3, 0.4) is 0 Å². The van der Waals surface area contributed by atoms with E-state index in [0.717, 1.165) is 31.7 Å². The molecular weight excluding hydrogens is 450 g/mol. The Kier molecular flexibility index (Phi) is 7.89. The second kappa shape index (κ2) is 10.1. The molecule has 1 aromatic carbocycles. The number of aryl methyl sites for hydroxylation is 1. The summed E-state index contributed by atoms with van der Waals surface area (Å²) in [7, 11) is 0. The maximum atomic E-state index is 13.9. The molecule has 186 valence electrons. The Morgan fingerprint density at radius 2 is 1.64 bits per heavy atom. The molecular formula is C24H30F6O3. The molecule has 1 saturated carbocycles. The monoisotopic (exact) mass is 480 g/mol. The summed E-state index contributed by atoms with van der Waals surface area (Å²) in [4.78, 5) is 12.4. The molecule has 0 bridgehead atoms. The van der Waals surface area contributed by atoms with Gasteiger partial charge in [-0.2, -0.15) is 26.3 Å². The molecule has 0 aromatic heterocycles. The number of fused-ring (bicyclic) bond motifs is 1. The lowest BCUT2D eigenvalue weighted by Crippen LogP contribution is -2.28. The molecule has 1 aliphatic carbocycles. The summed E-state index contributed by atoms with van der Waals surface area (Å²) in [5, 5.41) is 0. The third kappa shape index (κ3) is 6.35. The highest BCUT2D eigenvalue weighted by Crippen LogP contribution is 2.52. The predicted molar refractivity (Wildman–Crippen MR) is 110 cm³/mol. The maximum Gasteiger partial charge on any atom is 0.420 e. The largest absolute Gasteiger partial charge is 0.489 e. The number of carbonyl (C=O) groups is 1. The molecule has 2 aliphatic rings. The first-order valence-corrected chi connectivity index (χ1v) is 11.6. The molecule has 0 spiro atoms. The summed E-state index contributed by atoms with van der Waals surface area (Å²) in [6, 6.07) is 0.899. The van der Waals surface area contributed by atoms with Gasteiger partial charge in [0.05, 0.1) is 6.10 Å². The number of ether oxygens (including phenoxy) is 2. The number of carbonyl (C=O) groups excluding carboxylic acids is 1. The van der Waals surface area contributed by atoms with Crippen LogP contribution >= 0.6 is 0 Å². The van der Waals surface area contributed by atoms with Crippen LogP contribution in [-0.4, -0.2) is 12.1 Å². The van der Waals surface area contributed by atoms with Crippen LogP contribution in [0.15, 0.2) is 6.07 Å². The van der Waals surface area contributed by atoms with Crippen molar-refractivity contribution in [3.63, 3.8) is 0 Å². The first-order chi connectivity index (χ1) is 15.4. The molecule has 33 heavy (non-hydrogen) atoms. The second-order valence-corrected chi connectivity index (χ2v) is 9.31. The summed E-state index contributed by atoms with van der Waals surface area (Å²) < 4.78 is 93.7. The lowest BCUT2D eigenvalue weighted by molar-refractivity contribution is -0.165. The van der Waals surface area contributed by atoms with E-state index in [2.05, 4.69) is 6.92 Å². The van der Waals surface area contributed by atoms with Crippen LogP contribution in [0.5, 0.6) is 11.5 Å². The topological polar surface area (TPSA) is 35.5 Å². The number of halogens is 6. The van der Waals surface area contributed by atoms with Gasteiger partial charge in [0.2, 0.25) is 0 Å². The van der Waals surface area contributed by atoms with E-state index in [1.54, 1.807) is 0 Å². The van der Waals surface area contributed by atoms with Gasteiger partial charge in [0, 0.05) is 6.42 Å². The van der Waals surface area contributed by atoms with E-state index >= 15 is 0 Å². The fourth-order valence-electron chi connectivity index (χ4n) is 4.83. The maximum absolute atomic E-state index is 13.9. The summed E-state index contributed by atoms with van der Waals surface area (Å²) in [6.45, 7) is 3.97. The molecule has 1 fully saturated rings. The number of hydrogen-bond donors (Lipinski definition) is 0. The Morgan fingerprint density at radius 3 is 2.21 bits per heavy atom. The van der Waals surface area contributed by atoms with Crippen molar-refractivity contribution in [1.29, 1.82) is 0 Å². The van der Waals surface area contributed by atoms with E-state index in [4.69, 9.17) is 9.47 Å². The van der Waals surface area contributed by atoms with E-state index in [1.807, 2.05) is 6.92 Å². The molecule has 3 rings (SSSR count). The summed E-state index contributed by atoms with van der Waals surface area (Å²) in [6.07, 6.45) is -5.51. The Morgan fingerprint density at radius 1 is 1.00 bits per heavy atom. The van der Waals surface area contributed by atoms with E-state index in [1.165, 1.54) is 0 Å². The van der Waals surface area contributed by atoms with Crippen molar-refractivity contribution >= 4 is 5.97 Å². The fourth-order valence-corrected chi connectivity index (χ4v) is 4.83. The van der Waals surface area contributed by atoms with Crippen LogP contribution in [-0.2, 0) is 23.6 Å². The van der Waals surface area contributed by atoms with Crippen LogP contribution in [0.4, 0.5) is 26.3 Å². The third-order valence-corrected chi connectivity index (χ3v) is 6.63. The minimum Gasteiger partial charge on any atom is -0.489 e. The highest BCUT2D eigenvalue weighted by molar-refractivity contribution is 5.74. The Labute approximate surface area is 189 Å². The van der Waals surface area contributed by atoms with Crippen molar-refractivity contribution in [2.45, 2.75) is 96.5 Å². The van der Waals surface area contributed by atoms with E-state index in [-0.39, 0.29) is 24.3 Å². The molecule has 1 aromatic rings. The zero-order valence-corrected chi connectivity index (χ0v) is 18.9. The van der Waals surface area contributed by atoms with Gasteiger partial charge in [0.1, 0.15) is 22.6 Å². The Hall–Kier alpha value is -1.93. The number of benzene rings is 1.